The molecule has 0 bridgehead atoms. The van der Waals surface area contributed by atoms with Crippen LogP contribution < -0.4 is 4.90 Å². The van der Waals surface area contributed by atoms with Gasteiger partial charge < -0.3 is 9.80 Å². The monoisotopic (exact) mass is 449 g/mol. The fourth-order valence-electron chi connectivity index (χ4n) is 3.95. The lowest BCUT2D eigenvalue weighted by Crippen LogP contribution is -2.38. The van der Waals surface area contributed by atoms with E-state index in [4.69, 9.17) is 0 Å². The maximum Gasteiger partial charge on any atom is 0.255 e. The van der Waals surface area contributed by atoms with Crippen LogP contribution in [-0.4, -0.2) is 50.7 Å². The number of anilines is 1. The highest BCUT2D eigenvalue weighted by molar-refractivity contribution is 7.89. The maximum absolute atomic E-state index is 13.5. The number of carbonyl (C=O) groups is 1. The third-order valence-electron chi connectivity index (χ3n) is 5.75. The van der Waals surface area contributed by atoms with Crippen LogP contribution in [0.2, 0.25) is 0 Å². The Morgan fingerprint density at radius 3 is 2.09 bits per heavy atom. The minimum atomic E-state index is -3.79. The Bertz CT molecular complexity index is 1190. The molecule has 0 spiro atoms. The lowest BCUT2D eigenvalue weighted by Gasteiger charge is -2.30. The second kappa shape index (κ2) is 8.76. The summed E-state index contributed by atoms with van der Waals surface area (Å²) in [4.78, 5) is 17.3. The zero-order valence-electron chi connectivity index (χ0n) is 18.5. The van der Waals surface area contributed by atoms with Crippen molar-refractivity contribution < 1.29 is 13.2 Å². The molecule has 1 aliphatic heterocycles. The Balaban J connectivity index is 1.77. The van der Waals surface area contributed by atoms with Crippen LogP contribution in [0.4, 0.5) is 5.69 Å². The van der Waals surface area contributed by atoms with Gasteiger partial charge in [0.05, 0.1) is 4.90 Å². The SMILES string of the molecule is Cc1ccc(C(=O)N2CCN(S(=O)(=O)c3ccccc3)[C@@H]2c2ccc(N(C)C)cc2)cc1. The molecule has 166 valence electrons. The van der Waals surface area contributed by atoms with Crippen molar-refractivity contribution in [2.75, 3.05) is 32.1 Å². The van der Waals surface area contributed by atoms with E-state index in [1.165, 1.54) is 4.31 Å². The third-order valence-corrected chi connectivity index (χ3v) is 7.61. The molecule has 0 saturated carbocycles. The summed E-state index contributed by atoms with van der Waals surface area (Å²) in [5, 5.41) is 0. The van der Waals surface area contributed by atoms with Crippen LogP contribution in [0.3, 0.4) is 0 Å². The van der Waals surface area contributed by atoms with Gasteiger partial charge in [-0.25, -0.2) is 8.42 Å². The van der Waals surface area contributed by atoms with Crippen LogP contribution in [0.5, 0.6) is 0 Å². The first kappa shape index (κ1) is 22.0. The largest absolute Gasteiger partial charge is 0.378 e. The average Bonchev–Trinajstić information content (AvgIpc) is 3.26. The highest BCUT2D eigenvalue weighted by Gasteiger charge is 2.43. The van der Waals surface area contributed by atoms with Gasteiger partial charge in [0, 0.05) is 38.4 Å². The van der Waals surface area contributed by atoms with Crippen LogP contribution in [0.15, 0.2) is 83.8 Å². The van der Waals surface area contributed by atoms with Gasteiger partial charge in [-0.05, 0) is 48.9 Å². The highest BCUT2D eigenvalue weighted by atomic mass is 32.2. The van der Waals surface area contributed by atoms with Gasteiger partial charge in [-0.1, -0.05) is 48.0 Å². The van der Waals surface area contributed by atoms with Crippen molar-refractivity contribution in [1.82, 2.24) is 9.21 Å². The molecule has 1 aliphatic rings. The molecule has 1 saturated heterocycles. The molecule has 4 rings (SSSR count). The number of aryl methyl sites for hydroxylation is 1. The Hall–Kier alpha value is -3.16. The lowest BCUT2D eigenvalue weighted by atomic mass is 10.1. The van der Waals surface area contributed by atoms with E-state index in [0.717, 1.165) is 16.8 Å². The van der Waals surface area contributed by atoms with E-state index in [2.05, 4.69) is 0 Å². The van der Waals surface area contributed by atoms with Gasteiger partial charge in [-0.3, -0.25) is 4.79 Å². The second-order valence-corrected chi connectivity index (χ2v) is 10.0. The summed E-state index contributed by atoms with van der Waals surface area (Å²) in [6.07, 6.45) is -0.717. The fourth-order valence-corrected chi connectivity index (χ4v) is 5.54. The fraction of sp³-hybridized carbons (Fsp3) is 0.240. The maximum atomic E-state index is 13.5. The van der Waals surface area contributed by atoms with E-state index in [1.54, 1.807) is 47.4 Å². The second-order valence-electron chi connectivity index (χ2n) is 8.15. The van der Waals surface area contributed by atoms with E-state index in [9.17, 15) is 13.2 Å². The van der Waals surface area contributed by atoms with Crippen molar-refractivity contribution in [3.8, 4) is 0 Å². The molecule has 0 radical (unpaired) electrons. The molecular formula is C25H27N3O3S. The minimum absolute atomic E-state index is 0.183. The normalized spacial score (nSPS) is 16.8. The molecule has 0 unspecified atom stereocenters. The summed E-state index contributed by atoms with van der Waals surface area (Å²) in [5.41, 5.74) is 3.37. The predicted octanol–water partition coefficient (Wildman–Crippen LogP) is 3.91. The standard InChI is InChI=1S/C25H27N3O3S/c1-19-9-11-21(12-10-19)25(29)27-17-18-28(32(30,31)23-7-5-4-6-8-23)24(27)20-13-15-22(16-14-20)26(2)3/h4-16,24H,17-18H2,1-3H3/t24-/m1/s1. The van der Waals surface area contributed by atoms with E-state index in [-0.39, 0.29) is 17.3 Å². The Morgan fingerprint density at radius 1 is 0.875 bits per heavy atom. The number of hydrogen-bond donors (Lipinski definition) is 0. The summed E-state index contributed by atoms with van der Waals surface area (Å²) < 4.78 is 28.5. The molecule has 32 heavy (non-hydrogen) atoms. The summed E-state index contributed by atoms with van der Waals surface area (Å²) in [6, 6.07) is 23.4. The zero-order valence-corrected chi connectivity index (χ0v) is 19.3. The number of amides is 1. The van der Waals surface area contributed by atoms with Gasteiger partial charge in [0.1, 0.15) is 6.17 Å². The van der Waals surface area contributed by atoms with Crippen molar-refractivity contribution in [2.45, 2.75) is 18.0 Å². The van der Waals surface area contributed by atoms with E-state index in [0.29, 0.717) is 12.1 Å². The van der Waals surface area contributed by atoms with E-state index < -0.39 is 16.2 Å². The molecule has 6 nitrogen and oxygen atoms in total. The van der Waals surface area contributed by atoms with Gasteiger partial charge in [0.15, 0.2) is 0 Å². The smallest absolute Gasteiger partial charge is 0.255 e. The average molecular weight is 450 g/mol. The molecule has 7 heteroatoms. The van der Waals surface area contributed by atoms with Crippen molar-refractivity contribution in [2.24, 2.45) is 0 Å². The van der Waals surface area contributed by atoms with Gasteiger partial charge in [-0.2, -0.15) is 4.31 Å². The van der Waals surface area contributed by atoms with Crippen molar-refractivity contribution in [3.63, 3.8) is 0 Å². The van der Waals surface area contributed by atoms with E-state index in [1.807, 2.05) is 62.3 Å². The van der Waals surface area contributed by atoms with Gasteiger partial charge in [0.2, 0.25) is 10.0 Å². The first-order valence-electron chi connectivity index (χ1n) is 10.5. The Kier molecular flexibility index (Phi) is 6.04. The molecule has 0 aromatic heterocycles. The first-order valence-corrected chi connectivity index (χ1v) is 11.9. The molecule has 0 aliphatic carbocycles. The number of hydrogen-bond acceptors (Lipinski definition) is 4. The summed E-state index contributed by atoms with van der Waals surface area (Å²) in [6.45, 7) is 2.52. The highest BCUT2D eigenvalue weighted by Crippen LogP contribution is 2.36. The molecular weight excluding hydrogens is 422 g/mol. The van der Waals surface area contributed by atoms with Crippen molar-refractivity contribution >= 4 is 21.6 Å². The van der Waals surface area contributed by atoms with Crippen molar-refractivity contribution in [3.05, 3.63) is 95.6 Å². The van der Waals surface area contributed by atoms with Crippen LogP contribution in [0.25, 0.3) is 0 Å². The predicted molar refractivity (Wildman–Crippen MR) is 126 cm³/mol. The van der Waals surface area contributed by atoms with Gasteiger partial charge in [0.25, 0.3) is 5.91 Å². The van der Waals surface area contributed by atoms with Gasteiger partial charge in [-0.15, -0.1) is 0 Å². The molecule has 0 N–H and O–H groups in total. The Labute approximate surface area is 189 Å². The van der Waals surface area contributed by atoms with Crippen LogP contribution in [0.1, 0.15) is 27.7 Å². The molecule has 3 aromatic rings. The number of rotatable bonds is 5. The molecule has 1 amide bonds. The topological polar surface area (TPSA) is 60.9 Å². The summed E-state index contributed by atoms with van der Waals surface area (Å²) in [7, 11) is 0.108. The molecule has 1 heterocycles. The first-order chi connectivity index (χ1) is 15.3. The number of sulfonamides is 1. The third kappa shape index (κ3) is 4.13. The number of benzene rings is 3. The quantitative estimate of drug-likeness (QED) is 0.593. The lowest BCUT2D eigenvalue weighted by molar-refractivity contribution is 0.0693. The number of carbonyl (C=O) groups excluding carboxylic acids is 1. The van der Waals surface area contributed by atoms with E-state index >= 15 is 0 Å². The van der Waals surface area contributed by atoms with Crippen molar-refractivity contribution in [1.29, 1.82) is 0 Å². The van der Waals surface area contributed by atoms with Crippen LogP contribution in [-0.2, 0) is 10.0 Å². The number of nitrogens with zero attached hydrogens (tertiary/aromatic N) is 3. The molecule has 1 fully saturated rings. The minimum Gasteiger partial charge on any atom is -0.378 e. The Morgan fingerprint density at radius 2 is 1.50 bits per heavy atom. The zero-order chi connectivity index (χ0) is 22.9. The molecule has 3 aromatic carbocycles. The summed E-state index contributed by atoms with van der Waals surface area (Å²) >= 11 is 0. The molecule has 1 atom stereocenters. The van der Waals surface area contributed by atoms with Crippen LogP contribution >= 0.6 is 0 Å². The summed E-state index contributed by atoms with van der Waals surface area (Å²) in [5.74, 6) is -0.183. The van der Waals surface area contributed by atoms with Crippen LogP contribution in [0, 0.1) is 6.92 Å². The van der Waals surface area contributed by atoms with Gasteiger partial charge >= 0.3 is 0 Å².